The number of nitrogens with zero attached hydrogens (tertiary/aromatic N) is 12. The smallest absolute Gasteiger partial charge is 0.200 e. The molecule has 0 bridgehead atoms. The Morgan fingerprint density at radius 3 is 1.21 bits per heavy atom. The third-order valence-corrected chi connectivity index (χ3v) is 24.6. The minimum absolute atomic E-state index is 0.00505. The molecule has 0 unspecified atom stereocenters. The average molecular weight is 1870 g/mol. The molecule has 0 saturated heterocycles. The number of methoxy groups -OCH3 is 1. The van der Waals surface area contributed by atoms with Gasteiger partial charge in [0, 0.05) is 78.5 Å². The van der Waals surface area contributed by atoms with E-state index in [1.54, 1.807) is 31.8 Å². The minimum atomic E-state index is -0.535. The fourth-order valence-corrected chi connectivity index (χ4v) is 16.9. The SMILES string of the molecule is CC(C)(C)Nc1c(-c2ccco2)nc2ccccn12.CC(C)(C)Nc1c(CCc2ccc(C(C)(C)C)cc2)nc2ccccn12.CC(C)(C)c1ccc(CCc2nc3ccccn3c2NC2CC2)cc1.COc1cccc(CNc2c(-c3c(O)ccc4ccccc34)nc3ccccn23)c1.Oc1ccc(-c2nc3ccccn3c2NC2CC2)c(O)c1O.c1coc(-c2nc3ccccn3c2NC2CC2)c1. The molecular formula is C115H124N18O7. The van der Waals surface area contributed by atoms with Crippen LogP contribution < -0.4 is 36.6 Å². The quantitative estimate of drug-likeness (QED) is 0.0282. The molecule has 0 aliphatic heterocycles. The first-order valence-electron chi connectivity index (χ1n) is 48.2. The molecule has 14 aromatic heterocycles. The summed E-state index contributed by atoms with van der Waals surface area (Å²) in [6.45, 7) is 27.1. The van der Waals surface area contributed by atoms with Crippen molar-refractivity contribution in [2.75, 3.05) is 39.0 Å². The van der Waals surface area contributed by atoms with Crippen LogP contribution in [0.2, 0.25) is 0 Å². The monoisotopic (exact) mass is 1870 g/mol. The molecule has 23 rings (SSSR count). The summed E-state index contributed by atoms with van der Waals surface area (Å²) in [5.74, 6) is 7.23. The van der Waals surface area contributed by atoms with Crippen molar-refractivity contribution >= 4 is 79.6 Å². The lowest BCUT2D eigenvalue weighted by molar-refractivity contribution is 0.369. The number of nitrogens with one attached hydrogen (secondary N) is 6. The summed E-state index contributed by atoms with van der Waals surface area (Å²) in [5, 5.41) is 63.5. The lowest BCUT2D eigenvalue weighted by Crippen LogP contribution is -2.27. The van der Waals surface area contributed by atoms with Gasteiger partial charge in [-0.15, -0.1) is 0 Å². The molecule has 20 aromatic rings. The number of imidazole rings is 6. The number of aromatic hydroxyl groups is 4. The molecule has 14 heterocycles. The van der Waals surface area contributed by atoms with Crippen LogP contribution in [0.5, 0.6) is 28.7 Å². The van der Waals surface area contributed by atoms with Gasteiger partial charge in [-0.1, -0.05) is 169 Å². The minimum Gasteiger partial charge on any atom is -0.507 e. The second-order valence-corrected chi connectivity index (χ2v) is 40.2. The van der Waals surface area contributed by atoms with Crippen LogP contribution in [0.3, 0.4) is 0 Å². The lowest BCUT2D eigenvalue weighted by Gasteiger charge is -2.22. The number of benzene rings is 6. The van der Waals surface area contributed by atoms with E-state index in [1.165, 1.54) is 65.5 Å². The zero-order valence-electron chi connectivity index (χ0n) is 81.8. The van der Waals surface area contributed by atoms with E-state index in [1.807, 2.05) is 196 Å². The molecule has 3 aliphatic rings. The van der Waals surface area contributed by atoms with Gasteiger partial charge in [0.2, 0.25) is 5.75 Å². The largest absolute Gasteiger partial charge is 0.507 e. The highest BCUT2D eigenvalue weighted by Crippen LogP contribution is 2.47. The Morgan fingerprint density at radius 1 is 0.343 bits per heavy atom. The number of anilines is 6. The number of furan rings is 2. The molecular weight excluding hydrogens is 1750 g/mol. The number of aryl methyl sites for hydroxylation is 4. The summed E-state index contributed by atoms with van der Waals surface area (Å²) in [6, 6.07) is 85.8. The van der Waals surface area contributed by atoms with Gasteiger partial charge in [-0.25, -0.2) is 29.9 Å². The van der Waals surface area contributed by atoms with Gasteiger partial charge in [0.15, 0.2) is 23.0 Å². The number of fused-ring (bicyclic) bond motifs is 7. The molecule has 0 spiro atoms. The van der Waals surface area contributed by atoms with Crippen LogP contribution in [0.1, 0.15) is 161 Å². The van der Waals surface area contributed by atoms with Gasteiger partial charge in [0.1, 0.15) is 103 Å². The Balaban J connectivity index is 0.000000112. The Labute approximate surface area is 815 Å². The van der Waals surface area contributed by atoms with Crippen molar-refractivity contribution < 1.29 is 34.0 Å². The van der Waals surface area contributed by atoms with Crippen molar-refractivity contribution in [3.8, 4) is 74.2 Å². The molecule has 0 atom stereocenters. The average Bonchev–Trinajstić information content (AvgIpc) is 1.59. The number of phenols is 4. The van der Waals surface area contributed by atoms with Crippen molar-refractivity contribution in [3.63, 3.8) is 0 Å². The number of pyridine rings is 6. The van der Waals surface area contributed by atoms with Crippen molar-refractivity contribution in [3.05, 3.63) is 344 Å². The number of rotatable bonds is 22. The second-order valence-electron chi connectivity index (χ2n) is 40.2. The van der Waals surface area contributed by atoms with Crippen molar-refractivity contribution in [2.24, 2.45) is 0 Å². The summed E-state index contributed by atoms with van der Waals surface area (Å²) in [7, 11) is 1.67. The summed E-state index contributed by atoms with van der Waals surface area (Å²) >= 11 is 0. The molecule has 3 aliphatic carbocycles. The first kappa shape index (κ1) is 94.4. The van der Waals surface area contributed by atoms with Crippen LogP contribution in [0.25, 0.3) is 90.1 Å². The Morgan fingerprint density at radius 2 is 0.743 bits per heavy atom. The highest BCUT2D eigenvalue weighted by Gasteiger charge is 2.31. The van der Waals surface area contributed by atoms with Crippen LogP contribution in [-0.2, 0) is 43.1 Å². The molecule has 0 amide bonds. The molecule has 716 valence electrons. The van der Waals surface area contributed by atoms with E-state index < -0.39 is 5.75 Å². The Hall–Kier alpha value is -15.9. The Bertz CT molecular complexity index is 7650. The standard InChI is InChI=1S/C25H21N3O2.C23H31N3.C22H27N3.C16H15N3O3.C15H17N3O.C14H13N3O/c1-30-19-9-6-7-17(15-19)16-26-25-24(27-22-11-4-5-14-28(22)25)23-20-10-3-2-8-18(20)12-13-21(23)29;1-22(2,3)18-13-10-17(11-14-18)12-15-19-21(25-23(4,5)6)26-16-8-7-9-20(26)24-19;1-22(2,3)17-10-7-16(8-11-17)9-14-19-21(23-18-12-13-18)25-15-5-4-6-20(25)24-19;20-11-7-6-10(14(21)15(11)22)13-16(17-9-4-5-9)19-8-2-1-3-12(19)18-13;1-15(2,3)17-14-13(11-7-6-10-19-11)16-12-8-4-5-9-18(12)14;1-2-8-17-12(5-1)16-13(11-4-3-9-18-11)14(17)15-10-6-7-10/h2-15,26,29H,16H2,1H3;7-11,13-14,16,25H,12,15H2,1-6H3;4-8,10-11,15,18,23H,9,12-14H2,1-3H3;1-3,6-9,17,20-22H,4-5H2;4-10,17H,1-3H3;1-5,8-10,15H,6-7H2. The lowest BCUT2D eigenvalue weighted by atomic mass is 9.86. The summed E-state index contributed by atoms with van der Waals surface area (Å²) in [4.78, 5) is 28.4. The summed E-state index contributed by atoms with van der Waals surface area (Å²) < 4.78 is 28.7. The van der Waals surface area contributed by atoms with E-state index in [2.05, 4.69) is 234 Å². The van der Waals surface area contributed by atoms with Gasteiger partial charge >= 0.3 is 0 Å². The maximum absolute atomic E-state index is 10.8. The van der Waals surface area contributed by atoms with E-state index in [0.717, 1.165) is 163 Å². The van der Waals surface area contributed by atoms with E-state index in [-0.39, 0.29) is 39.2 Å². The number of hydrogen-bond donors (Lipinski definition) is 10. The van der Waals surface area contributed by atoms with Crippen LogP contribution in [-0.4, -0.2) is 113 Å². The second kappa shape index (κ2) is 40.4. The molecule has 3 saturated carbocycles. The summed E-state index contributed by atoms with van der Waals surface area (Å²) in [5.41, 5.74) is 18.8. The number of aromatic nitrogens is 12. The van der Waals surface area contributed by atoms with Crippen molar-refractivity contribution in [1.82, 2.24) is 56.3 Å². The maximum Gasteiger partial charge on any atom is 0.200 e. The highest BCUT2D eigenvalue weighted by atomic mass is 16.5. The molecule has 140 heavy (non-hydrogen) atoms. The molecule has 10 N–H and O–H groups in total. The van der Waals surface area contributed by atoms with Gasteiger partial charge in [-0.2, -0.15) is 0 Å². The molecule has 25 heteroatoms. The van der Waals surface area contributed by atoms with Crippen LogP contribution >= 0.6 is 0 Å². The molecule has 6 aromatic carbocycles. The molecule has 25 nitrogen and oxygen atoms in total. The fourth-order valence-electron chi connectivity index (χ4n) is 16.9. The van der Waals surface area contributed by atoms with E-state index in [9.17, 15) is 20.4 Å². The van der Waals surface area contributed by atoms with Gasteiger partial charge in [-0.3, -0.25) is 26.4 Å². The normalized spacial score (nSPS) is 13.2. The number of hydrogen-bond acceptors (Lipinski definition) is 19. The first-order valence-corrected chi connectivity index (χ1v) is 48.2. The van der Waals surface area contributed by atoms with Crippen molar-refractivity contribution in [1.29, 1.82) is 0 Å². The maximum atomic E-state index is 10.8. The Kier molecular flexibility index (Phi) is 27.3. The highest BCUT2D eigenvalue weighted by molar-refractivity contribution is 6.01. The van der Waals surface area contributed by atoms with Gasteiger partial charge in [-0.05, 0) is 283 Å². The third-order valence-electron chi connectivity index (χ3n) is 24.6. The summed E-state index contributed by atoms with van der Waals surface area (Å²) in [6.07, 6.45) is 26.6. The topological polar surface area (TPSA) is 292 Å². The first-order chi connectivity index (χ1) is 67.5. The van der Waals surface area contributed by atoms with Crippen LogP contribution in [0.4, 0.5) is 34.9 Å². The predicted molar refractivity (Wildman–Crippen MR) is 564 cm³/mol. The number of phenolic OH excluding ortho intramolecular Hbond substituents is 4. The zero-order chi connectivity index (χ0) is 97.6. The molecule has 0 radical (unpaired) electrons. The fraction of sp³-hybridized carbons (Fsp3) is 0.270. The van der Waals surface area contributed by atoms with Gasteiger partial charge < -0.3 is 65.9 Å². The van der Waals surface area contributed by atoms with E-state index >= 15 is 0 Å². The van der Waals surface area contributed by atoms with E-state index in [4.69, 9.17) is 28.5 Å². The van der Waals surface area contributed by atoms with Gasteiger partial charge in [0.05, 0.1) is 36.6 Å². The predicted octanol–water partition coefficient (Wildman–Crippen LogP) is 25.8. The van der Waals surface area contributed by atoms with Gasteiger partial charge in [0.25, 0.3) is 0 Å². The van der Waals surface area contributed by atoms with Crippen LogP contribution in [0.15, 0.2) is 313 Å². The zero-order valence-corrected chi connectivity index (χ0v) is 81.8. The van der Waals surface area contributed by atoms with Crippen molar-refractivity contribution in [2.45, 2.75) is 194 Å². The molecule has 3 fully saturated rings. The van der Waals surface area contributed by atoms with Crippen LogP contribution in [0, 0.1) is 0 Å². The number of ether oxygens (including phenoxy) is 1. The van der Waals surface area contributed by atoms with E-state index in [0.29, 0.717) is 35.9 Å². The third kappa shape index (κ3) is 22.3.